The van der Waals surface area contributed by atoms with Crippen LogP contribution in [0.2, 0.25) is 0 Å². The van der Waals surface area contributed by atoms with Crippen molar-refractivity contribution in [3.05, 3.63) is 72.2 Å². The molecule has 10 nitrogen and oxygen atoms in total. The van der Waals surface area contributed by atoms with Gasteiger partial charge in [0.15, 0.2) is 11.5 Å². The van der Waals surface area contributed by atoms with Crippen molar-refractivity contribution in [2.75, 3.05) is 44.7 Å². The van der Waals surface area contributed by atoms with E-state index in [0.717, 1.165) is 55.0 Å². The molecule has 0 saturated carbocycles. The molecule has 1 saturated heterocycles. The third kappa shape index (κ3) is 7.38. The van der Waals surface area contributed by atoms with E-state index < -0.39 is 6.61 Å². The van der Waals surface area contributed by atoms with Crippen molar-refractivity contribution >= 4 is 23.1 Å². The number of piperidine rings is 1. The summed E-state index contributed by atoms with van der Waals surface area (Å²) in [6, 6.07) is 11.8. The van der Waals surface area contributed by atoms with Crippen LogP contribution in [0.25, 0.3) is 16.9 Å². The number of benzene rings is 2. The number of rotatable bonds is 12. The molecule has 42 heavy (non-hydrogen) atoms. The van der Waals surface area contributed by atoms with E-state index in [1.54, 1.807) is 36.8 Å². The number of aryl methyl sites for hydroxylation is 1. The smallest absolute Gasteiger partial charge is 0.387 e. The Morgan fingerprint density at radius 2 is 1.90 bits per heavy atom. The number of hydrogen-bond acceptors (Lipinski definition) is 8. The van der Waals surface area contributed by atoms with Crippen LogP contribution in [0.15, 0.2) is 61.1 Å². The number of amides is 1. The number of carbonyl (C=O) groups excluding carboxylic acids is 1. The second kappa shape index (κ2) is 13.7. The highest BCUT2D eigenvalue weighted by molar-refractivity contribution is 5.96. The van der Waals surface area contributed by atoms with Gasteiger partial charge in [-0.3, -0.25) is 9.20 Å². The Kier molecular flexibility index (Phi) is 9.57. The highest BCUT2D eigenvalue weighted by Gasteiger charge is 2.17. The molecule has 1 aliphatic rings. The molecule has 2 aromatic carbocycles. The van der Waals surface area contributed by atoms with Gasteiger partial charge in [0.2, 0.25) is 0 Å². The van der Waals surface area contributed by atoms with E-state index in [2.05, 4.69) is 30.2 Å². The summed E-state index contributed by atoms with van der Waals surface area (Å²) in [5, 5.41) is 15.8. The van der Waals surface area contributed by atoms with Gasteiger partial charge in [-0.1, -0.05) is 0 Å². The van der Waals surface area contributed by atoms with Gasteiger partial charge in [-0.25, -0.2) is 9.97 Å². The number of anilines is 2. The molecule has 0 aliphatic carbocycles. The van der Waals surface area contributed by atoms with Gasteiger partial charge >= 0.3 is 6.61 Å². The fourth-order valence-electron chi connectivity index (χ4n) is 4.93. The molecule has 5 rings (SSSR count). The van der Waals surface area contributed by atoms with Gasteiger partial charge in [0.25, 0.3) is 5.91 Å². The molecule has 0 radical (unpaired) electrons. The number of hydrogen-bond donors (Lipinski definition) is 3. The van der Waals surface area contributed by atoms with Crippen molar-refractivity contribution in [3.63, 3.8) is 0 Å². The number of carbonyl (C=O) groups is 1. The maximum atomic E-state index is 12.7. The molecular formula is C30H34F2N6O4. The van der Waals surface area contributed by atoms with Crippen LogP contribution in [-0.2, 0) is 4.74 Å². The van der Waals surface area contributed by atoms with Crippen LogP contribution >= 0.6 is 0 Å². The molecule has 0 spiro atoms. The van der Waals surface area contributed by atoms with Crippen LogP contribution in [0.4, 0.5) is 20.3 Å². The second-order valence-corrected chi connectivity index (χ2v) is 10.1. The molecule has 1 fully saturated rings. The van der Waals surface area contributed by atoms with E-state index in [-0.39, 0.29) is 17.8 Å². The maximum absolute atomic E-state index is 12.7. The average Bonchev–Trinajstić information content (AvgIpc) is 3.41. The molecule has 3 heterocycles. The molecular weight excluding hydrogens is 546 g/mol. The number of halogens is 2. The SMILES string of the molecule is Cc1cc(Nc2nccn3c(-c4ccc(OC(F)F)cc4)cnc23)ccc1C(=O)NCCOCCN1CCC(O)CC1. The minimum Gasteiger partial charge on any atom is -0.435 e. The summed E-state index contributed by atoms with van der Waals surface area (Å²) in [6.45, 7) is 3.01. The van der Waals surface area contributed by atoms with Gasteiger partial charge in [-0.05, 0) is 67.8 Å². The van der Waals surface area contributed by atoms with Crippen LogP contribution in [0.1, 0.15) is 28.8 Å². The second-order valence-electron chi connectivity index (χ2n) is 10.1. The lowest BCUT2D eigenvalue weighted by molar-refractivity contribution is -0.0498. The predicted octanol–water partition coefficient (Wildman–Crippen LogP) is 4.25. The Bertz CT molecular complexity index is 1490. The normalized spacial score (nSPS) is 14.4. The fraction of sp³-hybridized carbons (Fsp3) is 0.367. The lowest BCUT2D eigenvalue weighted by Crippen LogP contribution is -2.38. The van der Waals surface area contributed by atoms with E-state index in [0.29, 0.717) is 36.8 Å². The minimum atomic E-state index is -2.88. The topological polar surface area (TPSA) is 113 Å². The van der Waals surface area contributed by atoms with E-state index in [1.807, 2.05) is 23.5 Å². The Labute approximate surface area is 242 Å². The summed E-state index contributed by atoms with van der Waals surface area (Å²) in [5.74, 6) is 0.435. The third-order valence-corrected chi connectivity index (χ3v) is 7.18. The van der Waals surface area contributed by atoms with Crippen molar-refractivity contribution in [2.24, 2.45) is 0 Å². The summed E-state index contributed by atoms with van der Waals surface area (Å²) in [7, 11) is 0. The van der Waals surface area contributed by atoms with E-state index in [9.17, 15) is 18.7 Å². The molecule has 1 aliphatic heterocycles. The zero-order chi connectivity index (χ0) is 29.5. The third-order valence-electron chi connectivity index (χ3n) is 7.18. The first kappa shape index (κ1) is 29.4. The van der Waals surface area contributed by atoms with Gasteiger partial charge < -0.3 is 30.1 Å². The lowest BCUT2D eigenvalue weighted by Gasteiger charge is -2.29. The average molecular weight is 581 g/mol. The van der Waals surface area contributed by atoms with Crippen LogP contribution in [0.3, 0.4) is 0 Å². The largest absolute Gasteiger partial charge is 0.435 e. The van der Waals surface area contributed by atoms with E-state index in [1.165, 1.54) is 12.1 Å². The van der Waals surface area contributed by atoms with Crippen LogP contribution in [0.5, 0.6) is 5.75 Å². The fourth-order valence-corrected chi connectivity index (χ4v) is 4.93. The molecule has 1 amide bonds. The number of ether oxygens (including phenoxy) is 2. The molecule has 0 unspecified atom stereocenters. The molecule has 0 atom stereocenters. The maximum Gasteiger partial charge on any atom is 0.387 e. The van der Waals surface area contributed by atoms with Gasteiger partial charge in [0.05, 0.1) is 31.2 Å². The number of alkyl halides is 2. The number of aliphatic hydroxyl groups is 1. The lowest BCUT2D eigenvalue weighted by atomic mass is 10.1. The number of fused-ring (bicyclic) bond motifs is 1. The van der Waals surface area contributed by atoms with Gasteiger partial charge in [-0.2, -0.15) is 8.78 Å². The standard InChI is InChI=1S/C30H34F2N6O4/c1-20-18-22(4-7-25(20)29(40)34-11-16-41-17-15-37-12-8-23(39)9-13-37)36-27-28-35-19-26(38(28)14-10-33-27)21-2-5-24(6-3-21)42-30(31)32/h2-7,10,14,18-19,23,30,39H,8-9,11-13,15-17H2,1H3,(H,33,36)(H,34,40). The Balaban J connectivity index is 1.15. The van der Waals surface area contributed by atoms with Crippen molar-refractivity contribution in [3.8, 4) is 17.0 Å². The number of aromatic nitrogens is 3. The highest BCUT2D eigenvalue weighted by atomic mass is 19.3. The number of likely N-dealkylation sites (tertiary alicyclic amines) is 1. The Hall–Kier alpha value is -4.13. The van der Waals surface area contributed by atoms with E-state index >= 15 is 0 Å². The minimum absolute atomic E-state index is 0.0819. The molecule has 12 heteroatoms. The van der Waals surface area contributed by atoms with Gasteiger partial charge in [0.1, 0.15) is 5.75 Å². The van der Waals surface area contributed by atoms with Crippen molar-refractivity contribution in [1.29, 1.82) is 0 Å². The zero-order valence-electron chi connectivity index (χ0n) is 23.3. The summed E-state index contributed by atoms with van der Waals surface area (Å²) < 4.78 is 36.9. The summed E-state index contributed by atoms with van der Waals surface area (Å²) in [4.78, 5) is 24.0. The Morgan fingerprint density at radius 1 is 1.12 bits per heavy atom. The quantitative estimate of drug-likeness (QED) is 0.213. The molecule has 0 bridgehead atoms. The molecule has 2 aromatic heterocycles. The van der Waals surface area contributed by atoms with E-state index in [4.69, 9.17) is 4.74 Å². The monoisotopic (exact) mass is 580 g/mol. The Morgan fingerprint density at radius 3 is 2.64 bits per heavy atom. The number of nitrogens with zero attached hydrogens (tertiary/aromatic N) is 4. The molecule has 4 aromatic rings. The predicted molar refractivity (Wildman–Crippen MR) is 154 cm³/mol. The number of aliphatic hydroxyl groups excluding tert-OH is 1. The van der Waals surface area contributed by atoms with Crippen LogP contribution in [0, 0.1) is 6.92 Å². The summed E-state index contributed by atoms with van der Waals surface area (Å²) in [5.41, 5.74) is 4.24. The van der Waals surface area contributed by atoms with Crippen molar-refractivity contribution < 1.29 is 28.2 Å². The van der Waals surface area contributed by atoms with Gasteiger partial charge in [-0.15, -0.1) is 0 Å². The van der Waals surface area contributed by atoms with Crippen LogP contribution in [-0.4, -0.2) is 82.4 Å². The van der Waals surface area contributed by atoms with Crippen molar-refractivity contribution in [1.82, 2.24) is 24.6 Å². The zero-order valence-corrected chi connectivity index (χ0v) is 23.3. The molecule has 3 N–H and O–H groups in total. The van der Waals surface area contributed by atoms with Crippen molar-refractivity contribution in [2.45, 2.75) is 32.5 Å². The first-order valence-corrected chi connectivity index (χ1v) is 13.9. The van der Waals surface area contributed by atoms with Crippen LogP contribution < -0.4 is 15.4 Å². The first-order valence-electron chi connectivity index (χ1n) is 13.9. The highest BCUT2D eigenvalue weighted by Crippen LogP contribution is 2.27. The number of imidazole rings is 1. The molecule has 222 valence electrons. The summed E-state index contributed by atoms with van der Waals surface area (Å²) in [6.07, 6.45) is 6.53. The van der Waals surface area contributed by atoms with Gasteiger partial charge in [0, 0.05) is 55.4 Å². The first-order chi connectivity index (χ1) is 20.4. The summed E-state index contributed by atoms with van der Waals surface area (Å²) >= 11 is 0. The number of nitrogens with one attached hydrogen (secondary N) is 2.